The van der Waals surface area contributed by atoms with E-state index in [0.29, 0.717) is 17.8 Å². The molecule has 4 atom stereocenters. The molecule has 2 saturated heterocycles. The van der Waals surface area contributed by atoms with Crippen LogP contribution in [0.5, 0.6) is 5.88 Å². The van der Waals surface area contributed by atoms with Crippen molar-refractivity contribution in [1.82, 2.24) is 19.5 Å². The maximum Gasteiger partial charge on any atom is 0.332 e. The number of methoxy groups -OCH3 is 1. The third kappa shape index (κ3) is 4.67. The molecule has 0 aliphatic carbocycles. The Labute approximate surface area is 190 Å². The predicted molar refractivity (Wildman–Crippen MR) is 111 cm³/mol. The standard InChI is InChI=1S/C20H27ClN4O7/c1-5-6-7-29-12(26)9-28-8-11-14-15(32-20(2,3)31-14)18(30-11)25-10-22-13-16(25)23-19(21)24-17(13)27-4/h10-11,14-15,18H,5-9H2,1-4H3/t11-,14-,15-,18-/m1/s1. The van der Waals surface area contributed by atoms with E-state index < -0.39 is 36.3 Å². The minimum atomic E-state index is -0.810. The fourth-order valence-electron chi connectivity index (χ4n) is 3.84. The molecule has 0 N–H and O–H groups in total. The zero-order chi connectivity index (χ0) is 22.9. The Kier molecular flexibility index (Phi) is 6.82. The number of esters is 1. The topological polar surface area (TPSA) is 116 Å². The Balaban J connectivity index is 1.50. The third-order valence-corrected chi connectivity index (χ3v) is 5.39. The summed E-state index contributed by atoms with van der Waals surface area (Å²) in [5.41, 5.74) is 0.893. The number of carbonyl (C=O) groups excluding carboxylic acids is 1. The number of fused-ring (bicyclic) bond motifs is 2. The number of carbonyl (C=O) groups is 1. The van der Waals surface area contributed by atoms with Crippen molar-refractivity contribution < 1.29 is 33.2 Å². The van der Waals surface area contributed by atoms with E-state index in [-0.39, 0.29) is 24.4 Å². The van der Waals surface area contributed by atoms with Gasteiger partial charge in [-0.05, 0) is 31.9 Å². The van der Waals surface area contributed by atoms with Crippen molar-refractivity contribution in [2.24, 2.45) is 0 Å². The number of imidazole rings is 1. The molecule has 176 valence electrons. The van der Waals surface area contributed by atoms with Crippen molar-refractivity contribution in [2.75, 3.05) is 26.9 Å². The third-order valence-electron chi connectivity index (χ3n) is 5.22. The molecular weight excluding hydrogens is 444 g/mol. The summed E-state index contributed by atoms with van der Waals surface area (Å²) in [6.45, 7) is 6.05. The molecule has 4 heterocycles. The van der Waals surface area contributed by atoms with Gasteiger partial charge in [-0.15, -0.1) is 0 Å². The molecule has 0 radical (unpaired) electrons. The number of hydrogen-bond donors (Lipinski definition) is 0. The van der Waals surface area contributed by atoms with Crippen LogP contribution >= 0.6 is 11.6 Å². The molecule has 0 aromatic carbocycles. The number of nitrogens with zero attached hydrogens (tertiary/aromatic N) is 4. The zero-order valence-corrected chi connectivity index (χ0v) is 19.2. The van der Waals surface area contributed by atoms with Crippen LogP contribution < -0.4 is 4.74 Å². The van der Waals surface area contributed by atoms with E-state index in [9.17, 15) is 4.79 Å². The number of ether oxygens (including phenoxy) is 6. The van der Waals surface area contributed by atoms with Crippen LogP contribution in [-0.2, 0) is 28.5 Å². The van der Waals surface area contributed by atoms with Crippen LogP contribution in [0.4, 0.5) is 0 Å². The minimum absolute atomic E-state index is 0.0241. The van der Waals surface area contributed by atoms with Crippen LogP contribution in [0, 0.1) is 0 Å². The van der Waals surface area contributed by atoms with Gasteiger partial charge in [-0.3, -0.25) is 4.57 Å². The summed E-state index contributed by atoms with van der Waals surface area (Å²) in [4.78, 5) is 24.5. The van der Waals surface area contributed by atoms with Gasteiger partial charge in [0.25, 0.3) is 0 Å². The van der Waals surface area contributed by atoms with Crippen LogP contribution in [-0.4, -0.2) is 76.5 Å². The highest BCUT2D eigenvalue weighted by molar-refractivity contribution is 6.28. The first-order valence-corrected chi connectivity index (χ1v) is 10.9. The zero-order valence-electron chi connectivity index (χ0n) is 18.4. The van der Waals surface area contributed by atoms with Gasteiger partial charge in [0.15, 0.2) is 23.2 Å². The predicted octanol–water partition coefficient (Wildman–Crippen LogP) is 2.27. The maximum absolute atomic E-state index is 11.8. The second kappa shape index (κ2) is 9.44. The Morgan fingerprint density at radius 2 is 2.06 bits per heavy atom. The summed E-state index contributed by atoms with van der Waals surface area (Å²) in [6, 6.07) is 0. The summed E-state index contributed by atoms with van der Waals surface area (Å²) in [5.74, 6) is -0.957. The average molecular weight is 471 g/mol. The van der Waals surface area contributed by atoms with Crippen LogP contribution in [0.25, 0.3) is 11.2 Å². The van der Waals surface area contributed by atoms with Crippen LogP contribution in [0.15, 0.2) is 6.33 Å². The largest absolute Gasteiger partial charge is 0.479 e. The van der Waals surface area contributed by atoms with Gasteiger partial charge in [0.05, 0.1) is 26.7 Å². The Hall–Kier alpha value is -2.05. The molecule has 2 aromatic rings. The summed E-state index contributed by atoms with van der Waals surface area (Å²) < 4.78 is 36.1. The SMILES string of the molecule is CCCCOC(=O)COC[C@H]1O[C@@H](n2cnc3c(OC)nc(Cl)nc32)[C@@H]2OC(C)(C)O[C@@H]21. The van der Waals surface area contributed by atoms with Crippen molar-refractivity contribution in [3.63, 3.8) is 0 Å². The molecule has 0 amide bonds. The summed E-state index contributed by atoms with van der Waals surface area (Å²) in [6.07, 6.45) is 1.39. The molecule has 0 saturated carbocycles. The summed E-state index contributed by atoms with van der Waals surface area (Å²) in [7, 11) is 1.48. The van der Waals surface area contributed by atoms with E-state index >= 15 is 0 Å². The number of halogens is 1. The molecular formula is C20H27ClN4O7. The van der Waals surface area contributed by atoms with Gasteiger partial charge >= 0.3 is 5.97 Å². The molecule has 2 fully saturated rings. The van der Waals surface area contributed by atoms with Gasteiger partial charge in [-0.25, -0.2) is 9.78 Å². The highest BCUT2D eigenvalue weighted by atomic mass is 35.5. The normalized spacial score (nSPS) is 26.4. The van der Waals surface area contributed by atoms with Gasteiger partial charge < -0.3 is 28.4 Å². The summed E-state index contributed by atoms with van der Waals surface area (Å²) in [5, 5.41) is 0.0241. The van der Waals surface area contributed by atoms with E-state index in [1.807, 2.05) is 20.8 Å². The Morgan fingerprint density at radius 3 is 2.81 bits per heavy atom. The van der Waals surface area contributed by atoms with Crippen molar-refractivity contribution in [1.29, 1.82) is 0 Å². The molecule has 0 unspecified atom stereocenters. The molecule has 2 aliphatic rings. The second-order valence-electron chi connectivity index (χ2n) is 8.04. The molecule has 0 bridgehead atoms. The Morgan fingerprint density at radius 1 is 1.28 bits per heavy atom. The van der Waals surface area contributed by atoms with E-state index in [4.69, 9.17) is 40.0 Å². The minimum Gasteiger partial charge on any atom is -0.479 e. The van der Waals surface area contributed by atoms with Crippen molar-refractivity contribution in [2.45, 2.75) is 63.9 Å². The fraction of sp³-hybridized carbons (Fsp3) is 0.700. The first kappa shape index (κ1) is 23.1. The highest BCUT2D eigenvalue weighted by Crippen LogP contribution is 2.44. The lowest BCUT2D eigenvalue weighted by molar-refractivity contribution is -0.202. The van der Waals surface area contributed by atoms with Gasteiger partial charge in [0, 0.05) is 0 Å². The van der Waals surface area contributed by atoms with Crippen molar-refractivity contribution in [3.8, 4) is 5.88 Å². The van der Waals surface area contributed by atoms with E-state index in [1.54, 1.807) is 10.9 Å². The van der Waals surface area contributed by atoms with Crippen LogP contribution in [0.2, 0.25) is 5.28 Å². The average Bonchev–Trinajstić information content (AvgIpc) is 3.39. The second-order valence-corrected chi connectivity index (χ2v) is 8.38. The quantitative estimate of drug-likeness (QED) is 0.307. The van der Waals surface area contributed by atoms with Gasteiger partial charge in [0.1, 0.15) is 24.9 Å². The van der Waals surface area contributed by atoms with Crippen LogP contribution in [0.3, 0.4) is 0 Å². The molecule has 4 rings (SSSR count). The van der Waals surface area contributed by atoms with Gasteiger partial charge in [0.2, 0.25) is 11.2 Å². The van der Waals surface area contributed by atoms with E-state index in [2.05, 4.69) is 15.0 Å². The summed E-state index contributed by atoms with van der Waals surface area (Å²) >= 11 is 6.06. The molecule has 11 nitrogen and oxygen atoms in total. The lowest BCUT2D eigenvalue weighted by Gasteiger charge is -2.24. The van der Waals surface area contributed by atoms with E-state index in [1.165, 1.54) is 7.11 Å². The lowest BCUT2D eigenvalue weighted by Crippen LogP contribution is -2.33. The van der Waals surface area contributed by atoms with E-state index in [0.717, 1.165) is 12.8 Å². The van der Waals surface area contributed by atoms with Gasteiger partial charge in [-0.2, -0.15) is 9.97 Å². The van der Waals surface area contributed by atoms with Crippen molar-refractivity contribution >= 4 is 28.7 Å². The molecule has 2 aliphatic heterocycles. The molecule has 0 spiro atoms. The first-order valence-electron chi connectivity index (χ1n) is 10.5. The number of aromatic nitrogens is 4. The Bertz CT molecular complexity index is 969. The number of rotatable bonds is 9. The van der Waals surface area contributed by atoms with Gasteiger partial charge in [-0.1, -0.05) is 13.3 Å². The monoisotopic (exact) mass is 470 g/mol. The van der Waals surface area contributed by atoms with Crippen LogP contribution in [0.1, 0.15) is 39.8 Å². The number of hydrogen-bond acceptors (Lipinski definition) is 10. The van der Waals surface area contributed by atoms with Crippen molar-refractivity contribution in [3.05, 3.63) is 11.6 Å². The molecule has 12 heteroatoms. The maximum atomic E-state index is 11.8. The fourth-order valence-corrected chi connectivity index (χ4v) is 4.00. The lowest BCUT2D eigenvalue weighted by atomic mass is 10.1. The number of unbranched alkanes of at least 4 members (excludes halogenated alkanes) is 1. The smallest absolute Gasteiger partial charge is 0.332 e. The molecule has 2 aromatic heterocycles. The molecule has 32 heavy (non-hydrogen) atoms. The first-order chi connectivity index (χ1) is 15.3. The highest BCUT2D eigenvalue weighted by Gasteiger charge is 2.56.